The second-order valence-corrected chi connectivity index (χ2v) is 6.62. The van der Waals surface area contributed by atoms with Gasteiger partial charge in [-0.1, -0.05) is 30.3 Å². The molecule has 1 amide bonds. The molecule has 0 fully saturated rings. The van der Waals surface area contributed by atoms with Gasteiger partial charge in [-0.2, -0.15) is 0 Å². The quantitative estimate of drug-likeness (QED) is 0.543. The lowest BCUT2D eigenvalue weighted by Gasteiger charge is -2.08. The summed E-state index contributed by atoms with van der Waals surface area (Å²) in [6.45, 7) is 0. The van der Waals surface area contributed by atoms with Crippen molar-refractivity contribution in [2.45, 2.75) is 6.42 Å². The first-order valence-electron chi connectivity index (χ1n) is 9.18. The molecule has 0 radical (unpaired) electrons. The van der Waals surface area contributed by atoms with Gasteiger partial charge in [0.1, 0.15) is 17.1 Å². The van der Waals surface area contributed by atoms with Crippen molar-refractivity contribution in [1.29, 1.82) is 0 Å². The normalized spacial score (nSPS) is 10.7. The van der Waals surface area contributed by atoms with Gasteiger partial charge < -0.3 is 14.5 Å². The molecule has 5 heteroatoms. The molecule has 5 nitrogen and oxygen atoms in total. The SMILES string of the molecule is COc1ccc(-c2cc(=O)c3ccc(NC(=O)Cc4ccccc4)cc3o2)cc1. The predicted octanol–water partition coefficient (Wildman–Crippen LogP) is 4.65. The number of nitrogens with one attached hydrogen (secondary N) is 1. The molecule has 0 saturated carbocycles. The summed E-state index contributed by atoms with van der Waals surface area (Å²) in [5.74, 6) is 1.04. The lowest BCUT2D eigenvalue weighted by molar-refractivity contribution is -0.115. The van der Waals surface area contributed by atoms with Crippen LogP contribution in [0, 0.1) is 0 Å². The van der Waals surface area contributed by atoms with Crippen LogP contribution < -0.4 is 15.5 Å². The summed E-state index contributed by atoms with van der Waals surface area (Å²) < 4.78 is 11.1. The fraction of sp³-hybridized carbons (Fsp3) is 0.0833. The number of ether oxygens (including phenoxy) is 1. The van der Waals surface area contributed by atoms with E-state index >= 15 is 0 Å². The molecular weight excluding hydrogens is 366 g/mol. The van der Waals surface area contributed by atoms with Crippen LogP contribution in [-0.4, -0.2) is 13.0 Å². The highest BCUT2D eigenvalue weighted by atomic mass is 16.5. The van der Waals surface area contributed by atoms with E-state index in [-0.39, 0.29) is 17.8 Å². The maximum absolute atomic E-state index is 12.5. The summed E-state index contributed by atoms with van der Waals surface area (Å²) >= 11 is 0. The van der Waals surface area contributed by atoms with Crippen LogP contribution in [0.2, 0.25) is 0 Å². The molecule has 0 aliphatic heterocycles. The maximum Gasteiger partial charge on any atom is 0.228 e. The van der Waals surface area contributed by atoms with Crippen molar-refractivity contribution in [3.8, 4) is 17.1 Å². The predicted molar refractivity (Wildman–Crippen MR) is 113 cm³/mol. The smallest absolute Gasteiger partial charge is 0.228 e. The van der Waals surface area contributed by atoms with E-state index in [1.54, 1.807) is 37.4 Å². The van der Waals surface area contributed by atoms with Crippen LogP contribution in [0.15, 0.2) is 88.1 Å². The Morgan fingerprint density at radius 3 is 2.45 bits per heavy atom. The Labute approximate surface area is 167 Å². The minimum atomic E-state index is -0.140. The number of amides is 1. The van der Waals surface area contributed by atoms with Gasteiger partial charge in [0.15, 0.2) is 5.43 Å². The number of methoxy groups -OCH3 is 1. The van der Waals surface area contributed by atoms with Gasteiger partial charge in [-0.15, -0.1) is 0 Å². The van der Waals surface area contributed by atoms with E-state index in [4.69, 9.17) is 9.15 Å². The lowest BCUT2D eigenvalue weighted by Crippen LogP contribution is -2.14. The van der Waals surface area contributed by atoms with E-state index in [0.717, 1.165) is 16.9 Å². The molecule has 0 aliphatic carbocycles. The number of anilines is 1. The van der Waals surface area contributed by atoms with Crippen LogP contribution >= 0.6 is 0 Å². The third kappa shape index (κ3) is 4.19. The first kappa shape index (κ1) is 18.5. The summed E-state index contributed by atoms with van der Waals surface area (Å²) in [6.07, 6.45) is 0.273. The van der Waals surface area contributed by atoms with Crippen molar-refractivity contribution < 1.29 is 13.9 Å². The molecule has 0 saturated heterocycles. The first-order chi connectivity index (χ1) is 14.1. The van der Waals surface area contributed by atoms with E-state index in [1.165, 1.54) is 6.07 Å². The van der Waals surface area contributed by atoms with Gasteiger partial charge in [-0.25, -0.2) is 0 Å². The van der Waals surface area contributed by atoms with Crippen LogP contribution in [0.4, 0.5) is 5.69 Å². The number of fused-ring (bicyclic) bond motifs is 1. The van der Waals surface area contributed by atoms with Gasteiger partial charge in [0, 0.05) is 23.4 Å². The average Bonchev–Trinajstić information content (AvgIpc) is 2.74. The molecule has 4 aromatic rings. The van der Waals surface area contributed by atoms with E-state index in [9.17, 15) is 9.59 Å². The van der Waals surface area contributed by atoms with Crippen molar-refractivity contribution in [3.63, 3.8) is 0 Å². The molecule has 1 aromatic heterocycles. The Morgan fingerprint density at radius 2 is 1.72 bits per heavy atom. The number of carbonyl (C=O) groups is 1. The van der Waals surface area contributed by atoms with E-state index in [0.29, 0.717) is 22.4 Å². The molecule has 4 rings (SSSR count). The first-order valence-corrected chi connectivity index (χ1v) is 9.18. The standard InChI is InChI=1S/C24H19NO4/c1-28-19-10-7-17(8-11-19)22-15-21(26)20-12-9-18(14-23(20)29-22)25-24(27)13-16-5-3-2-4-6-16/h2-12,14-15H,13H2,1H3,(H,25,27). The number of hydrogen-bond acceptors (Lipinski definition) is 4. The lowest BCUT2D eigenvalue weighted by atomic mass is 10.1. The van der Waals surface area contributed by atoms with Crippen LogP contribution in [-0.2, 0) is 11.2 Å². The Balaban J connectivity index is 1.62. The van der Waals surface area contributed by atoms with Crippen LogP contribution in [0.5, 0.6) is 5.75 Å². The summed E-state index contributed by atoms with van der Waals surface area (Å²) in [4.78, 5) is 24.8. The highest BCUT2D eigenvalue weighted by Crippen LogP contribution is 2.25. The molecule has 0 aliphatic rings. The van der Waals surface area contributed by atoms with Gasteiger partial charge in [-0.05, 0) is 42.0 Å². The molecule has 0 atom stereocenters. The van der Waals surface area contributed by atoms with Gasteiger partial charge >= 0.3 is 0 Å². The molecule has 0 unspecified atom stereocenters. The highest BCUT2D eigenvalue weighted by Gasteiger charge is 2.10. The third-order valence-electron chi connectivity index (χ3n) is 4.59. The molecule has 1 N–H and O–H groups in total. The van der Waals surface area contributed by atoms with Crippen molar-refractivity contribution in [3.05, 3.63) is 94.6 Å². The Morgan fingerprint density at radius 1 is 0.966 bits per heavy atom. The van der Waals surface area contributed by atoms with Crippen molar-refractivity contribution >= 4 is 22.6 Å². The van der Waals surface area contributed by atoms with Gasteiger partial charge in [0.05, 0.1) is 18.9 Å². The molecule has 0 bridgehead atoms. The molecule has 0 spiro atoms. The fourth-order valence-electron chi connectivity index (χ4n) is 3.12. The third-order valence-corrected chi connectivity index (χ3v) is 4.59. The van der Waals surface area contributed by atoms with E-state index in [2.05, 4.69) is 5.32 Å². The second kappa shape index (κ2) is 8.02. The molecule has 144 valence electrons. The molecule has 3 aromatic carbocycles. The Hall–Kier alpha value is -3.86. The largest absolute Gasteiger partial charge is 0.497 e. The van der Waals surface area contributed by atoms with Crippen LogP contribution in [0.3, 0.4) is 0 Å². The van der Waals surface area contributed by atoms with Crippen molar-refractivity contribution in [2.24, 2.45) is 0 Å². The minimum absolute atomic E-state index is 0.135. The number of benzene rings is 3. The van der Waals surface area contributed by atoms with Crippen molar-refractivity contribution in [2.75, 3.05) is 12.4 Å². The van der Waals surface area contributed by atoms with Crippen LogP contribution in [0.25, 0.3) is 22.3 Å². The highest BCUT2D eigenvalue weighted by molar-refractivity contribution is 5.94. The molecule has 1 heterocycles. The molecular formula is C24H19NO4. The number of rotatable bonds is 5. The number of carbonyl (C=O) groups excluding carboxylic acids is 1. The van der Waals surface area contributed by atoms with Gasteiger partial charge in [0.2, 0.25) is 5.91 Å². The van der Waals surface area contributed by atoms with Gasteiger partial charge in [-0.3, -0.25) is 9.59 Å². The van der Waals surface area contributed by atoms with E-state index < -0.39 is 0 Å². The maximum atomic E-state index is 12.5. The average molecular weight is 385 g/mol. The van der Waals surface area contributed by atoms with Crippen LogP contribution in [0.1, 0.15) is 5.56 Å². The zero-order valence-corrected chi connectivity index (χ0v) is 15.8. The Bertz CT molecular complexity index is 1210. The summed E-state index contributed by atoms with van der Waals surface area (Å²) in [6, 6.07) is 23.3. The monoisotopic (exact) mass is 385 g/mol. The number of hydrogen-bond donors (Lipinski definition) is 1. The zero-order valence-electron chi connectivity index (χ0n) is 15.8. The summed E-state index contributed by atoms with van der Waals surface area (Å²) in [5, 5.41) is 3.32. The Kier molecular flexibility index (Phi) is 5.12. The minimum Gasteiger partial charge on any atom is -0.497 e. The zero-order chi connectivity index (χ0) is 20.2. The van der Waals surface area contributed by atoms with E-state index in [1.807, 2.05) is 42.5 Å². The summed E-state index contributed by atoms with van der Waals surface area (Å²) in [7, 11) is 1.60. The fourth-order valence-corrected chi connectivity index (χ4v) is 3.12. The second-order valence-electron chi connectivity index (χ2n) is 6.62. The topological polar surface area (TPSA) is 68.5 Å². The molecule has 29 heavy (non-hydrogen) atoms. The van der Waals surface area contributed by atoms with Gasteiger partial charge in [0.25, 0.3) is 0 Å². The van der Waals surface area contributed by atoms with Crippen molar-refractivity contribution in [1.82, 2.24) is 0 Å². The summed E-state index contributed by atoms with van der Waals surface area (Å²) in [5.41, 5.74) is 2.55.